The molecule has 0 aromatic rings. The van der Waals surface area contributed by atoms with Crippen LogP contribution in [0.4, 0.5) is 0 Å². The third kappa shape index (κ3) is 9.35. The number of rotatable bonds is 5. The first-order valence-electron chi connectivity index (χ1n) is 5.45. The van der Waals surface area contributed by atoms with E-state index in [0.717, 1.165) is 0 Å². The third-order valence-electron chi connectivity index (χ3n) is 2.17. The van der Waals surface area contributed by atoms with Crippen LogP contribution >= 0.6 is 0 Å². The maximum Gasteiger partial charge on any atom is 0.110 e. The molecule has 88 valence electrons. The minimum atomic E-state index is 0.0615. The molecular formula is C12H22O3. The summed E-state index contributed by atoms with van der Waals surface area (Å²) in [5.41, 5.74) is 0. The predicted molar refractivity (Wildman–Crippen MR) is 61.4 cm³/mol. The molecule has 0 bridgehead atoms. The van der Waals surface area contributed by atoms with Crippen molar-refractivity contribution >= 4 is 0 Å². The zero-order valence-electron chi connectivity index (χ0n) is 9.36. The molecule has 0 radical (unpaired) electrons. The Bertz CT molecular complexity index is 151. The predicted octanol–water partition coefficient (Wildman–Crippen LogP) is 2.62. The van der Waals surface area contributed by atoms with E-state index in [1.54, 1.807) is 6.26 Å². The number of hydrogen-bond donors (Lipinski definition) is 1. The van der Waals surface area contributed by atoms with Crippen LogP contribution in [0.2, 0.25) is 0 Å². The van der Waals surface area contributed by atoms with Gasteiger partial charge < -0.3 is 14.6 Å². The zero-order chi connectivity index (χ0) is 11.4. The highest BCUT2D eigenvalue weighted by atomic mass is 16.5. The molecular weight excluding hydrogens is 192 g/mol. The van der Waals surface area contributed by atoms with E-state index in [-0.39, 0.29) is 6.61 Å². The highest BCUT2D eigenvalue weighted by molar-refractivity contribution is 4.67. The molecule has 0 aromatic carbocycles. The number of aliphatic hydroxyl groups is 1. The minimum absolute atomic E-state index is 0.0615. The first kappa shape index (κ1) is 14.0. The maximum absolute atomic E-state index is 8.02. The lowest BCUT2D eigenvalue weighted by Gasteiger charge is -2.20. The van der Waals surface area contributed by atoms with Crippen molar-refractivity contribution in [3.05, 3.63) is 25.7 Å². The van der Waals surface area contributed by atoms with E-state index in [4.69, 9.17) is 9.84 Å². The van der Waals surface area contributed by atoms with Crippen LogP contribution < -0.4 is 0 Å². The first-order chi connectivity index (χ1) is 7.35. The van der Waals surface area contributed by atoms with Gasteiger partial charge in [0.2, 0.25) is 0 Å². The number of aliphatic hydroxyl groups excluding tert-OH is 1. The lowest BCUT2D eigenvalue weighted by Crippen LogP contribution is -2.13. The van der Waals surface area contributed by atoms with Gasteiger partial charge in [0.05, 0.1) is 25.2 Å². The Balaban J connectivity index is 0.000000288. The molecule has 0 aromatic heterocycles. The fourth-order valence-corrected chi connectivity index (χ4v) is 1.47. The van der Waals surface area contributed by atoms with Crippen LogP contribution in [0.1, 0.15) is 32.1 Å². The molecule has 1 fully saturated rings. The molecule has 0 amide bonds. The molecule has 0 saturated heterocycles. The summed E-state index contributed by atoms with van der Waals surface area (Å²) in [4.78, 5) is 0. The zero-order valence-corrected chi connectivity index (χ0v) is 9.36. The van der Waals surface area contributed by atoms with Crippen molar-refractivity contribution in [1.82, 2.24) is 0 Å². The van der Waals surface area contributed by atoms with Crippen molar-refractivity contribution in [2.24, 2.45) is 0 Å². The van der Waals surface area contributed by atoms with Crippen LogP contribution in [0.5, 0.6) is 0 Å². The van der Waals surface area contributed by atoms with Crippen molar-refractivity contribution in [1.29, 1.82) is 0 Å². The van der Waals surface area contributed by atoms with Crippen molar-refractivity contribution in [3.63, 3.8) is 0 Å². The van der Waals surface area contributed by atoms with Gasteiger partial charge in [-0.1, -0.05) is 19.6 Å². The molecule has 1 N–H and O–H groups in total. The summed E-state index contributed by atoms with van der Waals surface area (Å²) < 4.78 is 9.74. The van der Waals surface area contributed by atoms with Crippen LogP contribution in [0.25, 0.3) is 0 Å². The SMILES string of the molecule is C=COC1CCCCC1.C=COCCO. The van der Waals surface area contributed by atoms with Crippen molar-refractivity contribution in [3.8, 4) is 0 Å². The third-order valence-corrected chi connectivity index (χ3v) is 2.17. The molecule has 1 aliphatic rings. The minimum Gasteiger partial charge on any atom is -0.499 e. The van der Waals surface area contributed by atoms with Gasteiger partial charge in [-0.25, -0.2) is 0 Å². The second-order valence-corrected chi connectivity index (χ2v) is 3.32. The van der Waals surface area contributed by atoms with E-state index in [9.17, 15) is 0 Å². The molecule has 0 unspecified atom stereocenters. The fraction of sp³-hybridized carbons (Fsp3) is 0.667. The Labute approximate surface area is 92.4 Å². The molecule has 0 atom stereocenters. The summed E-state index contributed by atoms with van der Waals surface area (Å²) in [5, 5.41) is 8.02. The Kier molecular flexibility index (Phi) is 10.4. The Morgan fingerprint density at radius 1 is 1.13 bits per heavy atom. The van der Waals surface area contributed by atoms with Crippen molar-refractivity contribution in [2.45, 2.75) is 38.2 Å². The second-order valence-electron chi connectivity index (χ2n) is 3.32. The van der Waals surface area contributed by atoms with Crippen LogP contribution in [-0.4, -0.2) is 24.4 Å². The summed E-state index contributed by atoms with van der Waals surface area (Å²) in [5.74, 6) is 0. The molecule has 1 rings (SSSR count). The Morgan fingerprint density at radius 2 is 1.80 bits per heavy atom. The summed E-state index contributed by atoms with van der Waals surface area (Å²) in [6.45, 7) is 7.21. The van der Waals surface area contributed by atoms with Gasteiger partial charge in [0.15, 0.2) is 0 Å². The summed E-state index contributed by atoms with van der Waals surface area (Å²) in [6.07, 6.45) is 9.86. The molecule has 0 spiro atoms. The largest absolute Gasteiger partial charge is 0.499 e. The van der Waals surface area contributed by atoms with E-state index in [1.807, 2.05) is 0 Å². The van der Waals surface area contributed by atoms with E-state index in [0.29, 0.717) is 12.7 Å². The summed E-state index contributed by atoms with van der Waals surface area (Å²) in [7, 11) is 0. The highest BCUT2D eigenvalue weighted by Crippen LogP contribution is 2.19. The van der Waals surface area contributed by atoms with Gasteiger partial charge in [0.25, 0.3) is 0 Å². The van der Waals surface area contributed by atoms with Crippen LogP contribution in [0, 0.1) is 0 Å². The molecule has 1 aliphatic carbocycles. The summed E-state index contributed by atoms with van der Waals surface area (Å²) >= 11 is 0. The van der Waals surface area contributed by atoms with Gasteiger partial charge >= 0.3 is 0 Å². The summed E-state index contributed by atoms with van der Waals surface area (Å²) in [6, 6.07) is 0. The van der Waals surface area contributed by atoms with E-state index in [2.05, 4.69) is 17.9 Å². The lowest BCUT2D eigenvalue weighted by atomic mass is 9.98. The van der Waals surface area contributed by atoms with Gasteiger partial charge in [0, 0.05) is 0 Å². The van der Waals surface area contributed by atoms with Gasteiger partial charge in [-0.15, -0.1) is 0 Å². The lowest BCUT2D eigenvalue weighted by molar-refractivity contribution is 0.107. The van der Waals surface area contributed by atoms with E-state index >= 15 is 0 Å². The van der Waals surface area contributed by atoms with E-state index in [1.165, 1.54) is 38.4 Å². The topological polar surface area (TPSA) is 38.7 Å². The van der Waals surface area contributed by atoms with Gasteiger partial charge in [0.1, 0.15) is 6.61 Å². The first-order valence-corrected chi connectivity index (χ1v) is 5.45. The molecule has 15 heavy (non-hydrogen) atoms. The standard InChI is InChI=1S/C8H14O.C4H8O2/c1-2-9-8-6-4-3-5-7-8;1-2-6-4-3-5/h2,8H,1,3-7H2;2,5H,1,3-4H2. The van der Waals surface area contributed by atoms with Gasteiger partial charge in [-0.05, 0) is 25.7 Å². The molecule has 3 heteroatoms. The van der Waals surface area contributed by atoms with Gasteiger partial charge in [-0.3, -0.25) is 0 Å². The smallest absolute Gasteiger partial charge is 0.110 e. The normalized spacial score (nSPS) is 15.8. The van der Waals surface area contributed by atoms with E-state index < -0.39 is 0 Å². The highest BCUT2D eigenvalue weighted by Gasteiger charge is 2.11. The Hall–Kier alpha value is -0.960. The number of hydrogen-bond acceptors (Lipinski definition) is 3. The monoisotopic (exact) mass is 214 g/mol. The fourth-order valence-electron chi connectivity index (χ4n) is 1.47. The van der Waals surface area contributed by atoms with Crippen LogP contribution in [-0.2, 0) is 9.47 Å². The molecule has 3 nitrogen and oxygen atoms in total. The maximum atomic E-state index is 8.02. The average Bonchev–Trinajstić information content (AvgIpc) is 2.29. The Morgan fingerprint density at radius 3 is 2.20 bits per heavy atom. The average molecular weight is 214 g/mol. The number of ether oxygens (including phenoxy) is 2. The van der Waals surface area contributed by atoms with Crippen molar-refractivity contribution in [2.75, 3.05) is 13.2 Å². The van der Waals surface area contributed by atoms with Crippen LogP contribution in [0.15, 0.2) is 25.7 Å². The van der Waals surface area contributed by atoms with Crippen LogP contribution in [0.3, 0.4) is 0 Å². The second kappa shape index (κ2) is 11.1. The molecule has 0 aliphatic heterocycles. The molecule has 1 saturated carbocycles. The van der Waals surface area contributed by atoms with Gasteiger partial charge in [-0.2, -0.15) is 0 Å². The van der Waals surface area contributed by atoms with Crippen molar-refractivity contribution < 1.29 is 14.6 Å². The molecule has 0 heterocycles. The quantitative estimate of drug-likeness (QED) is 0.565.